The Labute approximate surface area is 235 Å². The van der Waals surface area contributed by atoms with Crippen LogP contribution in [0.5, 0.6) is 11.5 Å². The summed E-state index contributed by atoms with van der Waals surface area (Å²) in [6.07, 6.45) is 2.37. The highest BCUT2D eigenvalue weighted by molar-refractivity contribution is 9.10. The fourth-order valence-electron chi connectivity index (χ4n) is 3.70. The SMILES string of the molecule is CC[C@H](C)c1nc2ccc(Br)cc2c(=O)n1N=Cc1cc(OC)c(OCc2ccc([N+](=O)[O-])cc2)cc1Br. The predicted octanol–water partition coefficient (Wildman–Crippen LogP) is 6.81. The zero-order valence-electron chi connectivity index (χ0n) is 20.9. The summed E-state index contributed by atoms with van der Waals surface area (Å²) in [6.45, 7) is 4.24. The van der Waals surface area contributed by atoms with Crippen molar-refractivity contribution in [3.8, 4) is 11.5 Å². The number of fused-ring (bicyclic) bond motifs is 1. The number of non-ortho nitro benzene ring substituents is 1. The van der Waals surface area contributed by atoms with E-state index in [2.05, 4.69) is 37.0 Å². The van der Waals surface area contributed by atoms with Gasteiger partial charge in [0, 0.05) is 32.6 Å². The third-order valence-corrected chi connectivity index (χ3v) is 7.20. The monoisotopic (exact) mass is 642 g/mol. The van der Waals surface area contributed by atoms with Gasteiger partial charge in [-0.3, -0.25) is 14.9 Å². The highest BCUT2D eigenvalue weighted by Crippen LogP contribution is 2.33. The number of nitro groups is 1. The number of nitro benzene ring substituents is 1. The van der Waals surface area contributed by atoms with Crippen molar-refractivity contribution >= 4 is 54.7 Å². The Morgan fingerprint density at radius 1 is 1.13 bits per heavy atom. The molecule has 0 spiro atoms. The third-order valence-electron chi connectivity index (χ3n) is 6.02. The molecule has 1 atom stereocenters. The summed E-state index contributed by atoms with van der Waals surface area (Å²) in [6, 6.07) is 15.1. The van der Waals surface area contributed by atoms with Gasteiger partial charge in [-0.05, 0) is 70.4 Å². The standard InChI is InChI=1S/C27H24Br2N4O5/c1-4-16(2)26-31-23-10-7-19(28)12-21(23)27(34)32(26)30-14-18-11-24(37-3)25(13-22(18)29)38-15-17-5-8-20(9-6-17)33(35)36/h5-14,16H,4,15H2,1-3H3/t16-/m0/s1. The van der Waals surface area contributed by atoms with Crippen molar-refractivity contribution in [1.82, 2.24) is 9.66 Å². The lowest BCUT2D eigenvalue weighted by molar-refractivity contribution is -0.384. The van der Waals surface area contributed by atoms with E-state index < -0.39 is 4.92 Å². The number of ether oxygens (including phenoxy) is 2. The first kappa shape index (κ1) is 27.5. The van der Waals surface area contributed by atoms with Gasteiger partial charge in [0.2, 0.25) is 0 Å². The van der Waals surface area contributed by atoms with Crippen LogP contribution in [0, 0.1) is 10.1 Å². The van der Waals surface area contributed by atoms with Crippen LogP contribution >= 0.6 is 31.9 Å². The minimum absolute atomic E-state index is 0.0149. The molecule has 1 aromatic heterocycles. The number of hydrogen-bond donors (Lipinski definition) is 0. The molecule has 0 saturated heterocycles. The molecule has 196 valence electrons. The van der Waals surface area contributed by atoms with Crippen LogP contribution in [0.15, 0.2) is 73.4 Å². The third kappa shape index (κ3) is 5.94. The second-order valence-corrected chi connectivity index (χ2v) is 10.3. The molecule has 0 N–H and O–H groups in total. The van der Waals surface area contributed by atoms with Crippen LogP contribution in [-0.2, 0) is 6.61 Å². The van der Waals surface area contributed by atoms with Gasteiger partial charge in [0.25, 0.3) is 11.2 Å². The minimum Gasteiger partial charge on any atom is -0.493 e. The van der Waals surface area contributed by atoms with E-state index in [1.807, 2.05) is 26.0 Å². The number of methoxy groups -OCH3 is 1. The van der Waals surface area contributed by atoms with Crippen molar-refractivity contribution in [3.63, 3.8) is 0 Å². The maximum absolute atomic E-state index is 13.4. The summed E-state index contributed by atoms with van der Waals surface area (Å²) in [4.78, 5) is 28.5. The van der Waals surface area contributed by atoms with Crippen molar-refractivity contribution in [2.75, 3.05) is 7.11 Å². The van der Waals surface area contributed by atoms with Gasteiger partial charge >= 0.3 is 0 Å². The Bertz CT molecular complexity index is 1590. The van der Waals surface area contributed by atoms with Crippen molar-refractivity contribution in [3.05, 3.63) is 101 Å². The first-order valence-corrected chi connectivity index (χ1v) is 13.3. The average molecular weight is 644 g/mol. The molecule has 0 bridgehead atoms. The van der Waals surface area contributed by atoms with Crippen LogP contribution in [-0.4, -0.2) is 27.9 Å². The molecule has 0 fully saturated rings. The fourth-order valence-corrected chi connectivity index (χ4v) is 4.48. The molecule has 0 aliphatic rings. The summed E-state index contributed by atoms with van der Waals surface area (Å²) in [7, 11) is 1.53. The lowest BCUT2D eigenvalue weighted by atomic mass is 10.1. The van der Waals surface area contributed by atoms with E-state index in [9.17, 15) is 14.9 Å². The lowest BCUT2D eigenvalue weighted by Gasteiger charge is -2.15. The quantitative estimate of drug-likeness (QED) is 0.113. The van der Waals surface area contributed by atoms with Crippen molar-refractivity contribution in [1.29, 1.82) is 0 Å². The first-order valence-electron chi connectivity index (χ1n) is 11.7. The van der Waals surface area contributed by atoms with E-state index in [-0.39, 0.29) is 23.8 Å². The van der Waals surface area contributed by atoms with Gasteiger partial charge in [0.05, 0.1) is 29.2 Å². The van der Waals surface area contributed by atoms with Crippen molar-refractivity contribution in [2.24, 2.45) is 5.10 Å². The molecular weight excluding hydrogens is 620 g/mol. The number of halogens is 2. The number of rotatable bonds is 9. The van der Waals surface area contributed by atoms with E-state index in [0.717, 1.165) is 16.5 Å². The summed E-state index contributed by atoms with van der Waals surface area (Å²) in [5, 5.41) is 15.9. The Balaban J connectivity index is 1.66. The van der Waals surface area contributed by atoms with Crippen molar-refractivity contribution < 1.29 is 14.4 Å². The maximum Gasteiger partial charge on any atom is 0.282 e. The number of nitrogens with zero attached hydrogens (tertiary/aromatic N) is 4. The fraction of sp³-hybridized carbons (Fsp3) is 0.222. The molecule has 11 heteroatoms. The smallest absolute Gasteiger partial charge is 0.282 e. The van der Waals surface area contributed by atoms with E-state index in [0.29, 0.717) is 38.3 Å². The second-order valence-electron chi connectivity index (χ2n) is 8.54. The molecule has 1 heterocycles. The van der Waals surface area contributed by atoms with E-state index in [1.165, 1.54) is 23.9 Å². The first-order chi connectivity index (χ1) is 18.2. The lowest BCUT2D eigenvalue weighted by Crippen LogP contribution is -2.23. The largest absolute Gasteiger partial charge is 0.493 e. The summed E-state index contributed by atoms with van der Waals surface area (Å²) in [5.41, 5.74) is 1.82. The van der Waals surface area contributed by atoms with Gasteiger partial charge in [0.15, 0.2) is 11.5 Å². The predicted molar refractivity (Wildman–Crippen MR) is 154 cm³/mol. The van der Waals surface area contributed by atoms with Gasteiger partial charge in [-0.25, -0.2) is 4.98 Å². The zero-order valence-corrected chi connectivity index (χ0v) is 24.0. The van der Waals surface area contributed by atoms with E-state index >= 15 is 0 Å². The van der Waals surface area contributed by atoms with Gasteiger partial charge in [-0.2, -0.15) is 9.78 Å². The average Bonchev–Trinajstić information content (AvgIpc) is 2.92. The molecule has 38 heavy (non-hydrogen) atoms. The molecule has 3 aromatic carbocycles. The molecule has 0 saturated carbocycles. The topological polar surface area (TPSA) is 109 Å². The van der Waals surface area contributed by atoms with E-state index in [4.69, 9.17) is 14.5 Å². The highest BCUT2D eigenvalue weighted by Gasteiger charge is 2.16. The normalized spacial score (nSPS) is 12.1. The summed E-state index contributed by atoms with van der Waals surface area (Å²) >= 11 is 6.98. The second kappa shape index (κ2) is 11.9. The molecule has 4 rings (SSSR count). The van der Waals surface area contributed by atoms with Crippen LogP contribution < -0.4 is 15.0 Å². The van der Waals surface area contributed by atoms with Gasteiger partial charge in [-0.15, -0.1) is 0 Å². The molecule has 0 aliphatic carbocycles. The summed E-state index contributed by atoms with van der Waals surface area (Å²) in [5.74, 6) is 1.53. The number of benzene rings is 3. The number of aromatic nitrogens is 2. The Morgan fingerprint density at radius 2 is 1.87 bits per heavy atom. The molecule has 0 aliphatic heterocycles. The Kier molecular flexibility index (Phi) is 8.58. The molecule has 0 unspecified atom stereocenters. The van der Waals surface area contributed by atoms with Crippen LogP contribution in [0.4, 0.5) is 5.69 Å². The van der Waals surface area contributed by atoms with Crippen molar-refractivity contribution in [2.45, 2.75) is 32.8 Å². The zero-order chi connectivity index (χ0) is 27.4. The molecular formula is C27H24Br2N4O5. The molecule has 0 radical (unpaired) electrons. The summed E-state index contributed by atoms with van der Waals surface area (Å²) < 4.78 is 14.2. The van der Waals surface area contributed by atoms with Crippen LogP contribution in [0.1, 0.15) is 43.1 Å². The molecule has 4 aromatic rings. The van der Waals surface area contributed by atoms with Gasteiger partial charge in [0.1, 0.15) is 12.4 Å². The van der Waals surface area contributed by atoms with Crippen LogP contribution in [0.2, 0.25) is 0 Å². The molecule has 9 nitrogen and oxygen atoms in total. The van der Waals surface area contributed by atoms with Crippen LogP contribution in [0.3, 0.4) is 0 Å². The van der Waals surface area contributed by atoms with E-state index in [1.54, 1.807) is 36.5 Å². The minimum atomic E-state index is -0.446. The van der Waals surface area contributed by atoms with Gasteiger partial charge < -0.3 is 9.47 Å². The van der Waals surface area contributed by atoms with Gasteiger partial charge in [-0.1, -0.05) is 29.8 Å². The highest BCUT2D eigenvalue weighted by atomic mass is 79.9. The Morgan fingerprint density at radius 3 is 2.53 bits per heavy atom. The molecule has 0 amide bonds. The Hall–Kier alpha value is -3.57. The van der Waals surface area contributed by atoms with Crippen LogP contribution in [0.25, 0.3) is 10.9 Å². The number of hydrogen-bond acceptors (Lipinski definition) is 7. The maximum atomic E-state index is 13.4.